The van der Waals surface area contributed by atoms with Gasteiger partial charge in [0.1, 0.15) is 5.82 Å². The van der Waals surface area contributed by atoms with Crippen LogP contribution in [0, 0.1) is 5.82 Å². The molecule has 1 N–H and O–H groups in total. The smallest absolute Gasteiger partial charge is 0.123 e. The third kappa shape index (κ3) is 2.85. The number of morpholine rings is 1. The van der Waals surface area contributed by atoms with Crippen LogP contribution in [0.3, 0.4) is 0 Å². The van der Waals surface area contributed by atoms with Gasteiger partial charge in [0.25, 0.3) is 0 Å². The molecule has 0 saturated carbocycles. The number of halogens is 1. The quantitative estimate of drug-likeness (QED) is 0.900. The van der Waals surface area contributed by atoms with Crippen LogP contribution in [0.5, 0.6) is 0 Å². The maximum Gasteiger partial charge on any atom is 0.123 e. The third-order valence-electron chi connectivity index (χ3n) is 5.87. The number of aromatic nitrogens is 1. The van der Waals surface area contributed by atoms with Gasteiger partial charge in [0.15, 0.2) is 0 Å². The molecular formula is C21H24FN3O. The van der Waals surface area contributed by atoms with Crippen LogP contribution in [0.2, 0.25) is 0 Å². The Labute approximate surface area is 152 Å². The molecule has 1 aromatic carbocycles. The van der Waals surface area contributed by atoms with Crippen molar-refractivity contribution in [2.75, 3.05) is 32.8 Å². The van der Waals surface area contributed by atoms with Crippen LogP contribution in [-0.4, -0.2) is 53.7 Å². The summed E-state index contributed by atoms with van der Waals surface area (Å²) in [6, 6.07) is 5.53. The van der Waals surface area contributed by atoms with E-state index in [1.807, 2.05) is 6.07 Å². The molecule has 1 aliphatic carbocycles. The lowest BCUT2D eigenvalue weighted by molar-refractivity contribution is 0.0257. The summed E-state index contributed by atoms with van der Waals surface area (Å²) >= 11 is 0. The third-order valence-corrected chi connectivity index (χ3v) is 5.87. The summed E-state index contributed by atoms with van der Waals surface area (Å²) in [7, 11) is 0. The Balaban J connectivity index is 1.33. The standard InChI is InChI=1S/C21H24FN3O/c22-15-1-6-20-18(13-15)19-14-25(8-7-21(19)23-20)17-4-2-16(3-5-17)24-9-11-26-12-10-24/h1-2,4-6,13,16,23H,3,7-12,14H2. The molecule has 1 unspecified atom stereocenters. The summed E-state index contributed by atoms with van der Waals surface area (Å²) < 4.78 is 19.1. The summed E-state index contributed by atoms with van der Waals surface area (Å²) in [6.45, 7) is 5.57. The first-order valence-corrected chi connectivity index (χ1v) is 9.52. The van der Waals surface area contributed by atoms with E-state index in [1.165, 1.54) is 23.0 Å². The molecule has 0 amide bonds. The number of hydrogen-bond donors (Lipinski definition) is 1. The van der Waals surface area contributed by atoms with Crippen LogP contribution in [0.1, 0.15) is 17.7 Å². The first kappa shape index (κ1) is 16.1. The van der Waals surface area contributed by atoms with E-state index < -0.39 is 0 Å². The Hall–Kier alpha value is -2.11. The van der Waals surface area contributed by atoms with Gasteiger partial charge in [0.2, 0.25) is 0 Å². The normalized spacial score (nSPS) is 24.0. The van der Waals surface area contributed by atoms with Gasteiger partial charge in [-0.3, -0.25) is 4.90 Å². The van der Waals surface area contributed by atoms with E-state index in [2.05, 4.69) is 33.0 Å². The zero-order chi connectivity index (χ0) is 17.5. The zero-order valence-corrected chi connectivity index (χ0v) is 14.9. The molecule has 1 atom stereocenters. The molecule has 26 heavy (non-hydrogen) atoms. The molecule has 3 heterocycles. The first-order valence-electron chi connectivity index (χ1n) is 9.52. The van der Waals surface area contributed by atoms with Crippen molar-refractivity contribution < 1.29 is 9.13 Å². The van der Waals surface area contributed by atoms with Gasteiger partial charge in [-0.15, -0.1) is 0 Å². The topological polar surface area (TPSA) is 31.5 Å². The number of nitrogens with one attached hydrogen (secondary N) is 1. The highest BCUT2D eigenvalue weighted by Gasteiger charge is 2.24. The van der Waals surface area contributed by atoms with Gasteiger partial charge < -0.3 is 14.6 Å². The molecule has 4 nitrogen and oxygen atoms in total. The number of aromatic amines is 1. The molecule has 3 aliphatic rings. The minimum Gasteiger partial charge on any atom is -0.379 e. The first-order chi connectivity index (χ1) is 12.8. The Morgan fingerprint density at radius 2 is 2.04 bits per heavy atom. The van der Waals surface area contributed by atoms with Crippen molar-refractivity contribution in [1.29, 1.82) is 0 Å². The summed E-state index contributed by atoms with van der Waals surface area (Å²) in [5.41, 5.74) is 4.84. The fraction of sp³-hybridized carbons (Fsp3) is 0.429. The van der Waals surface area contributed by atoms with E-state index >= 15 is 0 Å². The number of nitrogens with zero attached hydrogens (tertiary/aromatic N) is 2. The Kier molecular flexibility index (Phi) is 4.06. The van der Waals surface area contributed by atoms with E-state index in [4.69, 9.17) is 4.74 Å². The number of benzene rings is 1. The van der Waals surface area contributed by atoms with Crippen LogP contribution in [0.25, 0.3) is 10.9 Å². The highest BCUT2D eigenvalue weighted by molar-refractivity contribution is 5.85. The van der Waals surface area contributed by atoms with Crippen molar-refractivity contribution in [3.63, 3.8) is 0 Å². The summed E-state index contributed by atoms with van der Waals surface area (Å²) in [6.07, 6.45) is 9.00. The SMILES string of the molecule is Fc1ccc2[nH]c3c(c2c1)CN(C1=CCC(N2CCOCC2)C=C1)CC3. The second kappa shape index (κ2) is 6.56. The fourth-order valence-electron chi connectivity index (χ4n) is 4.42. The molecule has 0 radical (unpaired) electrons. The van der Waals surface area contributed by atoms with Crippen LogP contribution < -0.4 is 0 Å². The molecule has 2 aromatic rings. The summed E-state index contributed by atoms with van der Waals surface area (Å²) in [4.78, 5) is 8.39. The Morgan fingerprint density at radius 1 is 1.15 bits per heavy atom. The van der Waals surface area contributed by atoms with Crippen molar-refractivity contribution in [3.8, 4) is 0 Å². The molecule has 1 aromatic heterocycles. The highest BCUT2D eigenvalue weighted by atomic mass is 19.1. The van der Waals surface area contributed by atoms with Gasteiger partial charge in [-0.1, -0.05) is 12.2 Å². The maximum atomic E-state index is 13.7. The van der Waals surface area contributed by atoms with E-state index in [0.29, 0.717) is 6.04 Å². The minimum absolute atomic E-state index is 0.165. The molecule has 5 rings (SSSR count). The van der Waals surface area contributed by atoms with E-state index in [1.54, 1.807) is 6.07 Å². The number of allylic oxidation sites excluding steroid dienone is 1. The molecule has 1 fully saturated rings. The van der Waals surface area contributed by atoms with E-state index in [0.717, 1.165) is 63.1 Å². The van der Waals surface area contributed by atoms with E-state index in [-0.39, 0.29) is 5.82 Å². The lowest BCUT2D eigenvalue weighted by atomic mass is 10.0. The average molecular weight is 353 g/mol. The van der Waals surface area contributed by atoms with Gasteiger partial charge >= 0.3 is 0 Å². The fourth-order valence-corrected chi connectivity index (χ4v) is 4.42. The molecule has 0 spiro atoms. The van der Waals surface area contributed by atoms with Crippen molar-refractivity contribution in [2.45, 2.75) is 25.4 Å². The predicted molar refractivity (Wildman–Crippen MR) is 100 cm³/mol. The van der Waals surface area contributed by atoms with Gasteiger partial charge in [-0.25, -0.2) is 4.39 Å². The van der Waals surface area contributed by atoms with Crippen LogP contribution in [0.4, 0.5) is 4.39 Å². The zero-order valence-electron chi connectivity index (χ0n) is 14.9. The van der Waals surface area contributed by atoms with Crippen molar-refractivity contribution in [1.82, 2.24) is 14.8 Å². The monoisotopic (exact) mass is 353 g/mol. The average Bonchev–Trinajstić information content (AvgIpc) is 3.06. The van der Waals surface area contributed by atoms with Crippen LogP contribution in [-0.2, 0) is 17.7 Å². The molecular weight excluding hydrogens is 329 g/mol. The number of rotatable bonds is 2. The number of H-pyrrole nitrogens is 1. The molecule has 136 valence electrons. The number of ether oxygens (including phenoxy) is 1. The van der Waals surface area contributed by atoms with Gasteiger partial charge in [0, 0.05) is 66.5 Å². The van der Waals surface area contributed by atoms with Crippen molar-refractivity contribution in [2.24, 2.45) is 0 Å². The predicted octanol–water partition coefficient (Wildman–Crippen LogP) is 3.21. The highest BCUT2D eigenvalue weighted by Crippen LogP contribution is 2.31. The second-order valence-electron chi connectivity index (χ2n) is 7.38. The van der Waals surface area contributed by atoms with Crippen molar-refractivity contribution in [3.05, 3.63) is 59.2 Å². The van der Waals surface area contributed by atoms with Gasteiger partial charge in [-0.05, 0) is 30.7 Å². The molecule has 1 saturated heterocycles. The Morgan fingerprint density at radius 3 is 2.85 bits per heavy atom. The second-order valence-corrected chi connectivity index (χ2v) is 7.38. The molecule has 5 heteroatoms. The largest absolute Gasteiger partial charge is 0.379 e. The van der Waals surface area contributed by atoms with Crippen LogP contribution >= 0.6 is 0 Å². The lowest BCUT2D eigenvalue weighted by Gasteiger charge is -2.36. The lowest BCUT2D eigenvalue weighted by Crippen LogP contribution is -2.43. The Bertz CT molecular complexity index is 879. The molecule has 0 bridgehead atoms. The number of hydrogen-bond acceptors (Lipinski definition) is 3. The van der Waals surface area contributed by atoms with Crippen molar-refractivity contribution >= 4 is 10.9 Å². The molecule has 2 aliphatic heterocycles. The van der Waals surface area contributed by atoms with Gasteiger partial charge in [-0.2, -0.15) is 0 Å². The van der Waals surface area contributed by atoms with Gasteiger partial charge in [0.05, 0.1) is 13.2 Å². The maximum absolute atomic E-state index is 13.7. The summed E-state index contributed by atoms with van der Waals surface area (Å²) in [5.74, 6) is -0.165. The van der Waals surface area contributed by atoms with E-state index in [9.17, 15) is 4.39 Å². The van der Waals surface area contributed by atoms with Crippen LogP contribution in [0.15, 0.2) is 42.1 Å². The summed E-state index contributed by atoms with van der Waals surface area (Å²) in [5, 5.41) is 1.02. The minimum atomic E-state index is -0.165. The number of fused-ring (bicyclic) bond motifs is 3.